The molecule has 368 valence electrons. The molecule has 13 atom stereocenters. The first-order chi connectivity index (χ1) is 31.4. The first kappa shape index (κ1) is 54.3. The van der Waals surface area contributed by atoms with E-state index in [9.17, 15) is 75.0 Å². The van der Waals surface area contributed by atoms with Gasteiger partial charge in [-0.1, -0.05) is 24.3 Å². The number of rotatable bonds is 25. The fourth-order valence-electron chi connectivity index (χ4n) is 7.00. The van der Waals surface area contributed by atoms with E-state index in [1.54, 1.807) is 24.3 Å². The van der Waals surface area contributed by atoms with Crippen molar-refractivity contribution >= 4 is 53.1 Å². The highest BCUT2D eigenvalue weighted by Crippen LogP contribution is 2.30. The Labute approximate surface area is 388 Å². The van der Waals surface area contributed by atoms with Gasteiger partial charge in [-0.25, -0.2) is 0 Å². The monoisotopic (exact) mass is 971 g/mol. The molecule has 4 rings (SSSR count). The third-order valence-electron chi connectivity index (χ3n) is 10.9. The number of aromatic hydroxyl groups is 2. The van der Waals surface area contributed by atoms with E-state index in [0.29, 0.717) is 17.5 Å². The van der Waals surface area contributed by atoms with Crippen LogP contribution < -0.4 is 27.0 Å². The summed E-state index contributed by atoms with van der Waals surface area (Å²) < 4.78 is 10.9. The maximum atomic E-state index is 13.6. The summed E-state index contributed by atoms with van der Waals surface area (Å²) >= 11 is 1.93. The van der Waals surface area contributed by atoms with E-state index in [1.807, 2.05) is 0 Å². The Morgan fingerprint density at radius 1 is 0.576 bits per heavy atom. The second-order valence-electron chi connectivity index (χ2n) is 15.9. The Bertz CT molecular complexity index is 1870. The van der Waals surface area contributed by atoms with Gasteiger partial charge < -0.3 is 87.5 Å². The van der Waals surface area contributed by atoms with E-state index in [2.05, 4.69) is 21.3 Å². The van der Waals surface area contributed by atoms with Crippen molar-refractivity contribution in [3.63, 3.8) is 0 Å². The minimum atomic E-state index is -1.59. The Hall–Kier alpha value is -4.31. The molecule has 66 heavy (non-hydrogen) atoms. The van der Waals surface area contributed by atoms with Gasteiger partial charge >= 0.3 is 0 Å². The van der Waals surface area contributed by atoms with Crippen LogP contribution >= 0.6 is 23.5 Å². The van der Waals surface area contributed by atoms with Gasteiger partial charge in [0.15, 0.2) is 0 Å². The van der Waals surface area contributed by atoms with Crippen LogP contribution in [0.5, 0.6) is 11.5 Å². The van der Waals surface area contributed by atoms with Gasteiger partial charge in [0, 0.05) is 43.7 Å². The van der Waals surface area contributed by atoms with Gasteiger partial charge in [0.2, 0.25) is 29.5 Å². The molecule has 2 aliphatic heterocycles. The highest BCUT2D eigenvalue weighted by molar-refractivity contribution is 8.00. The molecule has 2 aromatic carbocycles. The molecule has 0 radical (unpaired) electrons. The van der Waals surface area contributed by atoms with E-state index in [-0.39, 0.29) is 68.1 Å². The molecule has 16 N–H and O–H groups in total. The predicted octanol–water partition coefficient (Wildman–Crippen LogP) is -4.04. The quantitative estimate of drug-likeness (QED) is 0.0421. The molecular weight excluding hydrogens is 911 g/mol. The second-order valence-corrected chi connectivity index (χ2v) is 18.3. The Balaban J connectivity index is 1.29. The van der Waals surface area contributed by atoms with Crippen molar-refractivity contribution in [1.82, 2.24) is 21.3 Å². The third kappa shape index (κ3) is 16.5. The summed E-state index contributed by atoms with van der Waals surface area (Å²) in [5, 5.41) is 110. The van der Waals surface area contributed by atoms with Crippen LogP contribution in [-0.4, -0.2) is 190 Å². The minimum absolute atomic E-state index is 0.000637. The molecule has 0 bridgehead atoms. The van der Waals surface area contributed by atoms with E-state index in [0.717, 1.165) is 23.5 Å². The molecule has 0 spiro atoms. The molecule has 0 aromatic heterocycles. The molecule has 22 nitrogen and oxygen atoms in total. The van der Waals surface area contributed by atoms with Crippen LogP contribution in [0.2, 0.25) is 0 Å². The lowest BCUT2D eigenvalue weighted by molar-refractivity contribution is -0.205. The number of unbranched alkanes of at least 4 members (excludes halogenated alkanes) is 1. The molecule has 0 unspecified atom stereocenters. The normalized spacial score (nSPS) is 26.6. The van der Waals surface area contributed by atoms with Crippen molar-refractivity contribution in [2.45, 2.75) is 123 Å². The smallest absolute Gasteiger partial charge is 0.243 e. The molecule has 2 heterocycles. The van der Waals surface area contributed by atoms with Crippen molar-refractivity contribution in [2.75, 3.05) is 31.3 Å². The largest absolute Gasteiger partial charge is 0.508 e. The van der Waals surface area contributed by atoms with Crippen LogP contribution in [-0.2, 0) is 46.3 Å². The van der Waals surface area contributed by atoms with Crippen molar-refractivity contribution in [3.05, 3.63) is 59.7 Å². The first-order valence-electron chi connectivity index (χ1n) is 21.3. The van der Waals surface area contributed by atoms with Gasteiger partial charge in [-0.2, -0.15) is 0 Å². The number of carbonyl (C=O) groups excluding carboxylic acids is 5. The number of benzene rings is 2. The van der Waals surface area contributed by atoms with Crippen molar-refractivity contribution in [3.8, 4) is 11.5 Å². The number of carbonyl (C=O) groups is 5. The molecule has 0 saturated carbocycles. The van der Waals surface area contributed by atoms with Gasteiger partial charge in [-0.05, 0) is 54.7 Å². The molecule has 2 fully saturated rings. The number of primary amides is 1. The number of hydrogen-bond donors (Lipinski definition) is 15. The summed E-state index contributed by atoms with van der Waals surface area (Å²) in [5.41, 5.74) is 4.71. The molecular formula is C42H61N5O17S2. The zero-order valence-corrected chi connectivity index (χ0v) is 37.5. The number of nitrogens with two attached hydrogens (primary N) is 1. The number of thioether (sulfide) groups is 2. The number of nitrogens with one attached hydrogen (secondary N) is 4. The number of ether oxygens (including phenoxy) is 2. The Morgan fingerprint density at radius 3 is 1.41 bits per heavy atom. The average Bonchev–Trinajstić information content (AvgIpc) is 3.29. The van der Waals surface area contributed by atoms with Gasteiger partial charge in [0.25, 0.3) is 0 Å². The molecule has 0 aliphatic carbocycles. The van der Waals surface area contributed by atoms with E-state index >= 15 is 0 Å². The van der Waals surface area contributed by atoms with Crippen LogP contribution in [0.25, 0.3) is 0 Å². The van der Waals surface area contributed by atoms with E-state index < -0.39 is 121 Å². The zero-order chi connectivity index (χ0) is 48.5. The maximum absolute atomic E-state index is 13.6. The highest BCUT2D eigenvalue weighted by Gasteiger charge is 2.44. The topological polar surface area (TPSA) is 380 Å². The summed E-state index contributed by atoms with van der Waals surface area (Å²) in [6, 6.07) is 8.45. The second kappa shape index (κ2) is 26.9. The summed E-state index contributed by atoms with van der Waals surface area (Å²) in [5.74, 6) is -3.18. The average molecular weight is 972 g/mol. The number of aliphatic hydroxyl groups is 8. The number of aliphatic hydroxyl groups excluding tert-OH is 8. The van der Waals surface area contributed by atoms with Gasteiger partial charge in [0.05, 0.1) is 13.2 Å². The Morgan fingerprint density at radius 2 is 1.00 bits per heavy atom. The van der Waals surface area contributed by atoms with E-state index in [4.69, 9.17) is 15.2 Å². The number of amides is 5. The molecule has 5 amide bonds. The number of hydrogen-bond acceptors (Lipinski definition) is 19. The van der Waals surface area contributed by atoms with Crippen LogP contribution in [0, 0.1) is 0 Å². The lowest BCUT2D eigenvalue weighted by Crippen LogP contribution is -2.57. The standard InChI is InChI=1S/C42H61N5O17S2/c43-38(60)25(47-40(62)27(18-22-6-10-24(51)11-7-22)46-31(53)13-16-66-42-37(59)35(57)33(55)29(20-49)64-42)3-1-2-14-44-39(61)26(17-21-4-8-23(50)9-5-21)45-30(52)12-15-65-41-36(58)34(56)32(54)28(19-48)63-41/h4-11,25-29,32-37,41-42,48-51,54-59H,1-3,12-20H2,(H2,43,60)(H,44,61)(H,45,52)(H,46,53)(H,47,62)/t25-,26-,27-,28+,29-,32+,33-,34-,35+,36-,37+,41+,42-/m0/s1. The molecule has 24 heteroatoms. The van der Waals surface area contributed by atoms with Crippen LogP contribution in [0.4, 0.5) is 0 Å². The van der Waals surface area contributed by atoms with Crippen LogP contribution in [0.1, 0.15) is 43.2 Å². The van der Waals surface area contributed by atoms with Crippen molar-refractivity contribution in [1.29, 1.82) is 0 Å². The molecule has 2 saturated heterocycles. The van der Waals surface area contributed by atoms with E-state index in [1.165, 1.54) is 24.3 Å². The molecule has 2 aliphatic rings. The summed E-state index contributed by atoms with van der Waals surface area (Å²) in [4.78, 5) is 65.6. The fraction of sp³-hybridized carbons (Fsp3) is 0.595. The number of phenols is 2. The van der Waals surface area contributed by atoms with Gasteiger partial charge in [-0.3, -0.25) is 24.0 Å². The van der Waals surface area contributed by atoms with Crippen LogP contribution in [0.15, 0.2) is 48.5 Å². The lowest BCUT2D eigenvalue weighted by atomic mass is 10.0. The molecule has 2 aromatic rings. The van der Waals surface area contributed by atoms with Crippen molar-refractivity contribution < 1.29 is 84.5 Å². The summed E-state index contributed by atoms with van der Waals surface area (Å²) in [6.07, 6.45) is -11.1. The SMILES string of the molecule is NC(=O)[C@H](CCCCNC(=O)[C@H](Cc1ccc(O)cc1)NC(=O)CCS[C@H]1O[C@H](CO)[C@@H](O)[C@H](O)[C@@H]1O)NC(=O)[C@H](Cc1ccc(O)cc1)NC(=O)CCS[C@@H]1O[C@@H](CO)[C@H](O)[C@@H](O)[C@H]1O. The van der Waals surface area contributed by atoms with Crippen molar-refractivity contribution in [2.24, 2.45) is 5.73 Å². The van der Waals surface area contributed by atoms with Gasteiger partial charge in [-0.15, -0.1) is 23.5 Å². The van der Waals surface area contributed by atoms with Gasteiger partial charge in [0.1, 0.15) is 89.3 Å². The number of phenolic OH excluding ortho intramolecular Hbond substituents is 2. The predicted molar refractivity (Wildman–Crippen MR) is 237 cm³/mol. The van der Waals surface area contributed by atoms with Crippen LogP contribution in [0.3, 0.4) is 0 Å². The maximum Gasteiger partial charge on any atom is 0.243 e. The highest BCUT2D eigenvalue weighted by atomic mass is 32.2. The fourth-order valence-corrected chi connectivity index (χ4v) is 9.23. The zero-order valence-electron chi connectivity index (χ0n) is 35.8. The lowest BCUT2D eigenvalue weighted by Gasteiger charge is -2.39. The Kier molecular flexibility index (Phi) is 22.1. The summed E-state index contributed by atoms with van der Waals surface area (Å²) in [7, 11) is 0. The minimum Gasteiger partial charge on any atom is -0.508 e. The summed E-state index contributed by atoms with van der Waals surface area (Å²) in [6.45, 7) is -1.13. The third-order valence-corrected chi connectivity index (χ3v) is 13.2. The first-order valence-corrected chi connectivity index (χ1v) is 23.4.